The molecule has 0 atom stereocenters. The van der Waals surface area contributed by atoms with E-state index in [9.17, 15) is 5.11 Å². The van der Waals surface area contributed by atoms with Gasteiger partial charge in [-0.25, -0.2) is 0 Å². The number of hydrogen-bond acceptors (Lipinski definition) is 2. The quantitative estimate of drug-likeness (QED) is 0.769. The minimum atomic E-state index is 0.274. The van der Waals surface area contributed by atoms with Gasteiger partial charge in [-0.15, -0.1) is 0 Å². The van der Waals surface area contributed by atoms with Crippen molar-refractivity contribution in [2.24, 2.45) is 5.92 Å². The largest absolute Gasteiger partial charge is 0.508 e. The van der Waals surface area contributed by atoms with E-state index in [2.05, 4.69) is 0 Å². The van der Waals surface area contributed by atoms with E-state index in [1.165, 1.54) is 18.4 Å². The monoisotopic (exact) mass is 178 g/mol. The number of phenolic OH excluding ortho intramolecular Hbond substituents is 1. The van der Waals surface area contributed by atoms with Crippen LogP contribution in [0.25, 0.3) is 0 Å². The summed E-state index contributed by atoms with van der Waals surface area (Å²) in [5.41, 5.74) is 1.21. The maximum Gasteiger partial charge on any atom is 0.125 e. The van der Waals surface area contributed by atoms with Crippen LogP contribution in [0.4, 0.5) is 0 Å². The van der Waals surface area contributed by atoms with Gasteiger partial charge in [-0.2, -0.15) is 0 Å². The van der Waals surface area contributed by atoms with Gasteiger partial charge in [0.05, 0.1) is 7.11 Å². The lowest BCUT2D eigenvalue weighted by molar-refractivity contribution is 0.402. The van der Waals surface area contributed by atoms with Crippen LogP contribution in [0.3, 0.4) is 0 Å². The lowest BCUT2D eigenvalue weighted by Gasteiger charge is -2.07. The molecule has 0 saturated heterocycles. The van der Waals surface area contributed by atoms with Crippen LogP contribution in [0.5, 0.6) is 11.5 Å². The Kier molecular flexibility index (Phi) is 2.13. The van der Waals surface area contributed by atoms with Crippen molar-refractivity contribution in [3.63, 3.8) is 0 Å². The third-order valence-corrected chi connectivity index (χ3v) is 2.48. The van der Waals surface area contributed by atoms with Crippen LogP contribution in [0.15, 0.2) is 18.2 Å². The number of methoxy groups -OCH3 is 1. The van der Waals surface area contributed by atoms with Gasteiger partial charge in [0, 0.05) is 6.07 Å². The zero-order valence-electron chi connectivity index (χ0n) is 7.79. The van der Waals surface area contributed by atoms with E-state index in [1.54, 1.807) is 19.2 Å². The van der Waals surface area contributed by atoms with Crippen LogP contribution in [0, 0.1) is 5.92 Å². The SMILES string of the molecule is COc1cc(O)ccc1CC1CC1. The van der Waals surface area contributed by atoms with Crippen LogP contribution in [0.1, 0.15) is 18.4 Å². The minimum Gasteiger partial charge on any atom is -0.508 e. The molecule has 70 valence electrons. The van der Waals surface area contributed by atoms with E-state index in [0.29, 0.717) is 0 Å². The third kappa shape index (κ3) is 1.94. The average Bonchev–Trinajstić information content (AvgIpc) is 2.92. The zero-order chi connectivity index (χ0) is 9.26. The molecule has 0 amide bonds. The summed E-state index contributed by atoms with van der Waals surface area (Å²) in [6.45, 7) is 0. The van der Waals surface area contributed by atoms with Gasteiger partial charge in [-0.3, -0.25) is 0 Å². The summed E-state index contributed by atoms with van der Waals surface area (Å²) in [4.78, 5) is 0. The fourth-order valence-electron chi connectivity index (χ4n) is 1.53. The second-order valence-corrected chi connectivity index (χ2v) is 3.64. The Morgan fingerprint density at radius 1 is 1.46 bits per heavy atom. The van der Waals surface area contributed by atoms with Crippen LogP contribution >= 0.6 is 0 Å². The maximum absolute atomic E-state index is 9.24. The van der Waals surface area contributed by atoms with E-state index in [4.69, 9.17) is 4.74 Å². The molecule has 0 heterocycles. The van der Waals surface area contributed by atoms with Gasteiger partial charge in [0.1, 0.15) is 11.5 Å². The summed E-state index contributed by atoms with van der Waals surface area (Å²) >= 11 is 0. The predicted octanol–water partition coefficient (Wildman–Crippen LogP) is 2.35. The first-order valence-corrected chi connectivity index (χ1v) is 4.65. The molecule has 13 heavy (non-hydrogen) atoms. The van der Waals surface area contributed by atoms with Gasteiger partial charge in [0.25, 0.3) is 0 Å². The van der Waals surface area contributed by atoms with Gasteiger partial charge < -0.3 is 9.84 Å². The molecule has 1 saturated carbocycles. The highest BCUT2D eigenvalue weighted by molar-refractivity contribution is 5.40. The number of rotatable bonds is 3. The Hall–Kier alpha value is -1.18. The van der Waals surface area contributed by atoms with E-state index < -0.39 is 0 Å². The van der Waals surface area contributed by atoms with Gasteiger partial charge in [0.15, 0.2) is 0 Å². The Balaban J connectivity index is 2.21. The molecule has 1 aromatic carbocycles. The summed E-state index contributed by atoms with van der Waals surface area (Å²) in [5, 5.41) is 9.24. The molecule has 2 rings (SSSR count). The first-order valence-electron chi connectivity index (χ1n) is 4.65. The highest BCUT2D eigenvalue weighted by Gasteiger charge is 2.22. The van der Waals surface area contributed by atoms with Crippen molar-refractivity contribution >= 4 is 0 Å². The number of aromatic hydroxyl groups is 1. The Bertz CT molecular complexity index is 303. The second-order valence-electron chi connectivity index (χ2n) is 3.64. The van der Waals surface area contributed by atoms with Crippen molar-refractivity contribution in [3.8, 4) is 11.5 Å². The minimum absolute atomic E-state index is 0.274. The topological polar surface area (TPSA) is 29.5 Å². The summed E-state index contributed by atoms with van der Waals surface area (Å²) in [7, 11) is 1.64. The van der Waals surface area contributed by atoms with Crippen LogP contribution in [-0.2, 0) is 6.42 Å². The first-order chi connectivity index (χ1) is 6.29. The molecule has 0 aliphatic heterocycles. The number of ether oxygens (including phenoxy) is 1. The number of phenols is 1. The standard InChI is InChI=1S/C11H14O2/c1-13-11-7-10(12)5-4-9(11)6-8-2-3-8/h4-5,7-8,12H,2-3,6H2,1H3. The smallest absolute Gasteiger partial charge is 0.125 e. The highest BCUT2D eigenvalue weighted by Crippen LogP contribution is 2.36. The highest BCUT2D eigenvalue weighted by atomic mass is 16.5. The summed E-state index contributed by atoms with van der Waals surface area (Å²) < 4.78 is 5.19. The normalized spacial score (nSPS) is 15.8. The molecule has 1 N–H and O–H groups in total. The van der Waals surface area contributed by atoms with Gasteiger partial charge in [-0.1, -0.05) is 6.07 Å². The van der Waals surface area contributed by atoms with Gasteiger partial charge >= 0.3 is 0 Å². The summed E-state index contributed by atoms with van der Waals surface area (Å²) in [6, 6.07) is 5.35. The van der Waals surface area contributed by atoms with E-state index >= 15 is 0 Å². The molecule has 2 heteroatoms. The van der Waals surface area contributed by atoms with E-state index in [-0.39, 0.29) is 5.75 Å². The molecule has 0 unspecified atom stereocenters. The second kappa shape index (κ2) is 3.29. The molecular weight excluding hydrogens is 164 g/mol. The molecule has 1 aliphatic carbocycles. The zero-order valence-corrected chi connectivity index (χ0v) is 7.79. The summed E-state index contributed by atoms with van der Waals surface area (Å²) in [6.07, 6.45) is 3.76. The lowest BCUT2D eigenvalue weighted by Crippen LogP contribution is -1.93. The Morgan fingerprint density at radius 2 is 2.23 bits per heavy atom. The summed E-state index contributed by atoms with van der Waals surface area (Å²) in [5.74, 6) is 1.93. The molecular formula is C11H14O2. The van der Waals surface area contributed by atoms with Crippen LogP contribution < -0.4 is 4.74 Å². The average molecular weight is 178 g/mol. The molecule has 0 aromatic heterocycles. The third-order valence-electron chi connectivity index (χ3n) is 2.48. The Morgan fingerprint density at radius 3 is 2.85 bits per heavy atom. The van der Waals surface area contributed by atoms with Crippen LogP contribution in [0.2, 0.25) is 0 Å². The van der Waals surface area contributed by atoms with Crippen molar-refractivity contribution in [1.29, 1.82) is 0 Å². The molecule has 2 nitrogen and oxygen atoms in total. The predicted molar refractivity (Wildman–Crippen MR) is 51.1 cm³/mol. The lowest BCUT2D eigenvalue weighted by atomic mass is 10.1. The molecule has 0 radical (unpaired) electrons. The van der Waals surface area contributed by atoms with Crippen molar-refractivity contribution in [2.45, 2.75) is 19.3 Å². The van der Waals surface area contributed by atoms with Crippen molar-refractivity contribution in [1.82, 2.24) is 0 Å². The molecule has 1 fully saturated rings. The fourth-order valence-corrected chi connectivity index (χ4v) is 1.53. The Labute approximate surface area is 78.2 Å². The maximum atomic E-state index is 9.24. The number of hydrogen-bond donors (Lipinski definition) is 1. The molecule has 1 aliphatic rings. The fraction of sp³-hybridized carbons (Fsp3) is 0.455. The van der Waals surface area contributed by atoms with Gasteiger partial charge in [0.2, 0.25) is 0 Å². The van der Waals surface area contributed by atoms with Crippen molar-refractivity contribution < 1.29 is 9.84 Å². The van der Waals surface area contributed by atoms with Gasteiger partial charge in [-0.05, 0) is 36.8 Å². The molecule has 1 aromatic rings. The molecule has 0 spiro atoms. The first kappa shape index (κ1) is 8.42. The van der Waals surface area contributed by atoms with E-state index in [0.717, 1.165) is 18.1 Å². The van der Waals surface area contributed by atoms with E-state index in [1.807, 2.05) is 6.07 Å². The number of benzene rings is 1. The van der Waals surface area contributed by atoms with Crippen LogP contribution in [-0.4, -0.2) is 12.2 Å². The van der Waals surface area contributed by atoms with Crippen molar-refractivity contribution in [2.75, 3.05) is 7.11 Å². The molecule has 0 bridgehead atoms. The van der Waals surface area contributed by atoms with Crippen molar-refractivity contribution in [3.05, 3.63) is 23.8 Å².